The molecule has 3 aromatic heterocycles. The summed E-state index contributed by atoms with van der Waals surface area (Å²) in [5.41, 5.74) is 2.99. The first-order valence-corrected chi connectivity index (χ1v) is 4.97. The number of aliphatic hydroxyl groups excluding tert-OH is 1. The highest BCUT2D eigenvalue weighted by atomic mass is 16.3. The Bertz CT molecular complexity index is 680. The van der Waals surface area contributed by atoms with Crippen molar-refractivity contribution in [3.63, 3.8) is 0 Å². The maximum absolute atomic E-state index is 10.0. The van der Waals surface area contributed by atoms with E-state index in [0.29, 0.717) is 6.54 Å². The van der Waals surface area contributed by atoms with Gasteiger partial charge in [0, 0.05) is 24.0 Å². The number of nitrogens with zero attached hydrogens (tertiary/aromatic N) is 3. The third-order valence-corrected chi connectivity index (χ3v) is 3.14. The Kier molecular flexibility index (Phi) is 1.11. The minimum atomic E-state index is -0.415. The van der Waals surface area contributed by atoms with Gasteiger partial charge in [-0.15, -0.1) is 0 Å². The molecule has 0 spiro atoms. The van der Waals surface area contributed by atoms with Gasteiger partial charge in [-0.05, 0) is 12.1 Å². The van der Waals surface area contributed by atoms with Crippen molar-refractivity contribution in [1.82, 2.24) is 14.0 Å². The van der Waals surface area contributed by atoms with E-state index < -0.39 is 6.10 Å². The van der Waals surface area contributed by atoms with Gasteiger partial charge < -0.3 is 9.67 Å². The quantitative estimate of drug-likeness (QED) is 0.593. The SMILES string of the molecule is OC1Cn2ccc3cc4nccn4c1c32. The molecule has 0 aromatic carbocycles. The summed E-state index contributed by atoms with van der Waals surface area (Å²) in [7, 11) is 0. The van der Waals surface area contributed by atoms with Crippen molar-refractivity contribution in [1.29, 1.82) is 0 Å². The lowest BCUT2D eigenvalue weighted by atomic mass is 10.2. The summed E-state index contributed by atoms with van der Waals surface area (Å²) in [6.07, 6.45) is 5.27. The lowest BCUT2D eigenvalue weighted by molar-refractivity contribution is 0.164. The summed E-state index contributed by atoms with van der Waals surface area (Å²) < 4.78 is 4.06. The average Bonchev–Trinajstić information content (AvgIpc) is 2.86. The summed E-state index contributed by atoms with van der Waals surface area (Å²) >= 11 is 0. The second-order valence-electron chi connectivity index (χ2n) is 3.97. The van der Waals surface area contributed by atoms with Crippen LogP contribution in [0.15, 0.2) is 30.7 Å². The molecule has 4 rings (SSSR count). The Morgan fingerprint density at radius 3 is 3.27 bits per heavy atom. The first-order chi connectivity index (χ1) is 7.34. The zero-order valence-electron chi connectivity index (χ0n) is 7.96. The van der Waals surface area contributed by atoms with Gasteiger partial charge in [-0.2, -0.15) is 0 Å². The zero-order valence-corrected chi connectivity index (χ0v) is 7.96. The predicted octanol–water partition coefficient (Wildman–Crippen LogP) is 1.34. The fourth-order valence-electron chi connectivity index (χ4n) is 2.52. The van der Waals surface area contributed by atoms with Gasteiger partial charge in [0.05, 0.1) is 17.8 Å². The first kappa shape index (κ1) is 7.48. The van der Waals surface area contributed by atoms with E-state index in [1.54, 1.807) is 6.20 Å². The van der Waals surface area contributed by atoms with Crippen LogP contribution in [0.1, 0.15) is 11.8 Å². The Hall–Kier alpha value is -1.81. The number of aromatic nitrogens is 3. The maximum atomic E-state index is 10.0. The van der Waals surface area contributed by atoms with Crippen molar-refractivity contribution < 1.29 is 5.11 Å². The third-order valence-electron chi connectivity index (χ3n) is 3.14. The van der Waals surface area contributed by atoms with Gasteiger partial charge >= 0.3 is 0 Å². The van der Waals surface area contributed by atoms with Crippen LogP contribution in [0.25, 0.3) is 16.6 Å². The van der Waals surface area contributed by atoms with Gasteiger partial charge in [-0.1, -0.05) is 0 Å². The van der Waals surface area contributed by atoms with E-state index >= 15 is 0 Å². The van der Waals surface area contributed by atoms with Gasteiger partial charge in [-0.3, -0.25) is 4.40 Å². The second-order valence-corrected chi connectivity index (χ2v) is 3.97. The summed E-state index contributed by atoms with van der Waals surface area (Å²) in [6, 6.07) is 4.12. The predicted molar refractivity (Wildman–Crippen MR) is 55.6 cm³/mol. The molecular weight excluding hydrogens is 190 g/mol. The summed E-state index contributed by atoms with van der Waals surface area (Å²) in [6.45, 7) is 0.649. The topological polar surface area (TPSA) is 42.5 Å². The van der Waals surface area contributed by atoms with E-state index in [1.807, 2.05) is 22.9 Å². The molecule has 4 heterocycles. The maximum Gasteiger partial charge on any atom is 0.137 e. The van der Waals surface area contributed by atoms with Crippen LogP contribution >= 0.6 is 0 Å². The molecule has 0 radical (unpaired) electrons. The van der Waals surface area contributed by atoms with Crippen LogP contribution in [0, 0.1) is 0 Å². The summed E-state index contributed by atoms with van der Waals surface area (Å²) in [5, 5.41) is 11.2. The van der Waals surface area contributed by atoms with E-state index in [9.17, 15) is 5.11 Å². The normalized spacial score (nSPS) is 19.4. The van der Waals surface area contributed by atoms with Crippen molar-refractivity contribution in [2.75, 3.05) is 0 Å². The zero-order chi connectivity index (χ0) is 9.99. The molecule has 1 unspecified atom stereocenters. The van der Waals surface area contributed by atoms with Crippen LogP contribution in [0.2, 0.25) is 0 Å². The number of hydrogen-bond acceptors (Lipinski definition) is 2. The number of hydrogen-bond donors (Lipinski definition) is 1. The smallest absolute Gasteiger partial charge is 0.137 e. The van der Waals surface area contributed by atoms with Gasteiger partial charge in [-0.25, -0.2) is 4.98 Å². The fraction of sp³-hybridized carbons (Fsp3) is 0.182. The van der Waals surface area contributed by atoms with Gasteiger partial charge in [0.15, 0.2) is 0 Å². The largest absolute Gasteiger partial charge is 0.385 e. The third kappa shape index (κ3) is 0.746. The van der Waals surface area contributed by atoms with Crippen LogP contribution in [-0.4, -0.2) is 19.1 Å². The molecule has 3 aromatic rings. The minimum absolute atomic E-state index is 0.415. The highest BCUT2D eigenvalue weighted by Gasteiger charge is 2.25. The molecule has 0 saturated carbocycles. The van der Waals surface area contributed by atoms with Gasteiger partial charge in [0.1, 0.15) is 11.8 Å². The lowest BCUT2D eigenvalue weighted by Crippen LogP contribution is -2.01. The molecule has 0 saturated heterocycles. The van der Waals surface area contributed by atoms with E-state index in [4.69, 9.17) is 0 Å². The number of pyridine rings is 1. The second kappa shape index (κ2) is 2.23. The molecule has 4 nitrogen and oxygen atoms in total. The minimum Gasteiger partial charge on any atom is -0.385 e. The van der Waals surface area contributed by atoms with E-state index in [0.717, 1.165) is 22.2 Å². The Morgan fingerprint density at radius 1 is 1.40 bits per heavy atom. The Morgan fingerprint density at radius 2 is 2.33 bits per heavy atom. The molecule has 74 valence electrons. The van der Waals surface area contributed by atoms with E-state index in [-0.39, 0.29) is 0 Å². The van der Waals surface area contributed by atoms with Gasteiger partial charge in [0.2, 0.25) is 0 Å². The molecular formula is C11H9N3O. The average molecular weight is 199 g/mol. The molecule has 1 atom stereocenters. The molecule has 0 bridgehead atoms. The molecule has 0 amide bonds. The van der Waals surface area contributed by atoms with Crippen LogP contribution in [0.5, 0.6) is 0 Å². The molecule has 15 heavy (non-hydrogen) atoms. The summed E-state index contributed by atoms with van der Waals surface area (Å²) in [5.74, 6) is 0. The molecule has 0 aliphatic carbocycles. The summed E-state index contributed by atoms with van der Waals surface area (Å²) in [4.78, 5) is 4.26. The van der Waals surface area contributed by atoms with Crippen LogP contribution in [0.4, 0.5) is 0 Å². The molecule has 0 fully saturated rings. The van der Waals surface area contributed by atoms with Crippen molar-refractivity contribution in [2.24, 2.45) is 0 Å². The fourth-order valence-corrected chi connectivity index (χ4v) is 2.52. The number of aliphatic hydroxyl groups is 1. The van der Waals surface area contributed by atoms with Crippen molar-refractivity contribution in [2.45, 2.75) is 12.6 Å². The van der Waals surface area contributed by atoms with Crippen LogP contribution < -0.4 is 0 Å². The monoisotopic (exact) mass is 199 g/mol. The van der Waals surface area contributed by atoms with Crippen LogP contribution in [-0.2, 0) is 6.54 Å². The molecule has 4 heteroatoms. The molecule has 1 N–H and O–H groups in total. The molecule has 1 aliphatic heterocycles. The number of rotatable bonds is 0. The highest BCUT2D eigenvalue weighted by Crippen LogP contribution is 2.33. The number of fused-ring (bicyclic) bond motifs is 2. The Balaban J connectivity index is 2.36. The Labute approximate surface area is 85.4 Å². The van der Waals surface area contributed by atoms with Crippen molar-refractivity contribution >= 4 is 16.6 Å². The van der Waals surface area contributed by atoms with Crippen LogP contribution in [0.3, 0.4) is 0 Å². The van der Waals surface area contributed by atoms with Crippen molar-refractivity contribution in [3.05, 3.63) is 36.4 Å². The lowest BCUT2D eigenvalue weighted by Gasteiger charge is -2.05. The first-order valence-electron chi connectivity index (χ1n) is 4.97. The van der Waals surface area contributed by atoms with E-state index in [2.05, 4.69) is 15.6 Å². The standard InChI is InChI=1S/C11H9N3O/c15-8-6-13-3-1-7-5-9-12-2-4-14(9)11(8)10(7)13/h1-5,8,15H,6H2. The van der Waals surface area contributed by atoms with E-state index in [1.165, 1.54) is 0 Å². The molecule has 1 aliphatic rings. The van der Waals surface area contributed by atoms with Gasteiger partial charge in [0.25, 0.3) is 0 Å². The highest BCUT2D eigenvalue weighted by molar-refractivity contribution is 5.87. The number of imidazole rings is 1. The van der Waals surface area contributed by atoms with Crippen molar-refractivity contribution in [3.8, 4) is 0 Å².